The van der Waals surface area contributed by atoms with Crippen LogP contribution in [0.5, 0.6) is 0 Å². The zero-order valence-corrected chi connectivity index (χ0v) is 14.9. The largest absolute Gasteiger partial charge is 0.364 e. The zero-order valence-electron chi connectivity index (χ0n) is 13.4. The van der Waals surface area contributed by atoms with Crippen LogP contribution in [0.25, 0.3) is 11.3 Å². The Morgan fingerprint density at radius 1 is 1.16 bits per heavy atom. The molecule has 25 heavy (non-hydrogen) atoms. The number of amides is 1. The van der Waals surface area contributed by atoms with Crippen molar-refractivity contribution >= 4 is 29.1 Å². The Kier molecular flexibility index (Phi) is 6.79. The summed E-state index contributed by atoms with van der Waals surface area (Å²) in [4.78, 5) is 14.4. The highest BCUT2D eigenvalue weighted by Gasteiger charge is 2.43. The molecule has 0 aliphatic heterocycles. The van der Waals surface area contributed by atoms with Crippen LogP contribution in [0.3, 0.4) is 0 Å². The number of nitrogens with two attached hydrogens (primary N) is 1. The van der Waals surface area contributed by atoms with Crippen molar-refractivity contribution in [3.05, 3.63) is 51.1 Å². The molecule has 0 bridgehead atoms. The third-order valence-corrected chi connectivity index (χ3v) is 3.76. The summed E-state index contributed by atoms with van der Waals surface area (Å²) in [6, 6.07) is 2.93. The first kappa shape index (κ1) is 21.2. The Morgan fingerprint density at radius 3 is 2.24 bits per heavy atom. The SMILES string of the molecule is CC.Cc1ccc(-c2nc(Cl)cc(C(F)(F)C(N)=O)c2F)c(F)c1Cl. The average molecular weight is 397 g/mol. The summed E-state index contributed by atoms with van der Waals surface area (Å²) in [6.45, 7) is 5.50. The molecule has 2 N–H and O–H groups in total. The molecule has 0 aliphatic carbocycles. The van der Waals surface area contributed by atoms with Crippen LogP contribution >= 0.6 is 23.2 Å². The van der Waals surface area contributed by atoms with Crippen LogP contribution in [-0.4, -0.2) is 10.9 Å². The second-order valence-corrected chi connectivity index (χ2v) is 5.42. The molecule has 1 aromatic carbocycles. The van der Waals surface area contributed by atoms with E-state index in [0.29, 0.717) is 11.6 Å². The molecule has 3 nitrogen and oxygen atoms in total. The lowest BCUT2D eigenvalue weighted by Gasteiger charge is -2.16. The number of rotatable bonds is 3. The second kappa shape index (κ2) is 8.01. The first-order valence-corrected chi connectivity index (χ1v) is 7.82. The van der Waals surface area contributed by atoms with E-state index in [1.807, 2.05) is 13.8 Å². The zero-order chi connectivity index (χ0) is 19.5. The van der Waals surface area contributed by atoms with Gasteiger partial charge in [-0.25, -0.2) is 13.8 Å². The fourth-order valence-electron chi connectivity index (χ4n) is 1.87. The van der Waals surface area contributed by atoms with E-state index in [-0.39, 0.29) is 5.02 Å². The van der Waals surface area contributed by atoms with Crippen LogP contribution in [0, 0.1) is 18.6 Å². The minimum absolute atomic E-state index is 0.313. The third-order valence-electron chi connectivity index (χ3n) is 3.10. The smallest absolute Gasteiger partial charge is 0.352 e. The van der Waals surface area contributed by atoms with E-state index in [2.05, 4.69) is 10.7 Å². The number of halogens is 6. The summed E-state index contributed by atoms with van der Waals surface area (Å²) in [5.41, 5.74) is 2.27. The van der Waals surface area contributed by atoms with E-state index in [1.54, 1.807) is 0 Å². The fraction of sp³-hybridized carbons (Fsp3) is 0.250. The molecular weight excluding hydrogens is 383 g/mol. The highest BCUT2D eigenvalue weighted by Crippen LogP contribution is 2.37. The summed E-state index contributed by atoms with van der Waals surface area (Å²) >= 11 is 11.3. The van der Waals surface area contributed by atoms with Crippen molar-refractivity contribution < 1.29 is 22.4 Å². The van der Waals surface area contributed by atoms with Crippen LogP contribution < -0.4 is 5.73 Å². The van der Waals surface area contributed by atoms with Crippen LogP contribution in [-0.2, 0) is 10.7 Å². The fourth-order valence-corrected chi connectivity index (χ4v) is 2.23. The predicted molar refractivity (Wildman–Crippen MR) is 88.8 cm³/mol. The van der Waals surface area contributed by atoms with Gasteiger partial charge in [-0.15, -0.1) is 0 Å². The van der Waals surface area contributed by atoms with Gasteiger partial charge in [0.25, 0.3) is 5.91 Å². The number of aryl methyl sites for hydroxylation is 1. The maximum atomic E-state index is 14.4. The summed E-state index contributed by atoms with van der Waals surface area (Å²) in [6.07, 6.45) is 0. The number of hydrogen-bond acceptors (Lipinski definition) is 2. The number of carbonyl (C=O) groups excluding carboxylic acids is 1. The summed E-state index contributed by atoms with van der Waals surface area (Å²) in [5.74, 6) is -9.08. The number of aromatic nitrogens is 1. The lowest BCUT2D eigenvalue weighted by atomic mass is 10.0. The van der Waals surface area contributed by atoms with E-state index in [9.17, 15) is 22.4 Å². The first-order chi connectivity index (χ1) is 11.6. The average Bonchev–Trinajstić information content (AvgIpc) is 2.56. The van der Waals surface area contributed by atoms with Crippen molar-refractivity contribution in [3.63, 3.8) is 0 Å². The van der Waals surface area contributed by atoms with Gasteiger partial charge in [0.05, 0.1) is 10.6 Å². The highest BCUT2D eigenvalue weighted by atomic mass is 35.5. The Balaban J connectivity index is 0.00000151. The molecule has 0 aliphatic rings. The van der Waals surface area contributed by atoms with Gasteiger partial charge in [0.15, 0.2) is 11.6 Å². The first-order valence-electron chi connectivity index (χ1n) is 7.06. The van der Waals surface area contributed by atoms with Gasteiger partial charge in [-0.05, 0) is 24.6 Å². The van der Waals surface area contributed by atoms with Gasteiger partial charge in [0.2, 0.25) is 0 Å². The molecule has 2 aromatic rings. The summed E-state index contributed by atoms with van der Waals surface area (Å²) < 4.78 is 56.1. The molecule has 1 amide bonds. The Morgan fingerprint density at radius 2 is 1.72 bits per heavy atom. The molecule has 2 rings (SSSR count). The van der Waals surface area contributed by atoms with Gasteiger partial charge >= 0.3 is 5.92 Å². The number of alkyl halides is 2. The van der Waals surface area contributed by atoms with E-state index >= 15 is 0 Å². The van der Waals surface area contributed by atoms with Gasteiger partial charge in [-0.3, -0.25) is 4.79 Å². The number of nitrogens with zero attached hydrogens (tertiary/aromatic N) is 1. The lowest BCUT2D eigenvalue weighted by Crippen LogP contribution is -2.34. The van der Waals surface area contributed by atoms with Gasteiger partial charge in [-0.2, -0.15) is 8.78 Å². The predicted octanol–water partition coefficient (Wildman–Crippen LogP) is 5.25. The standard InChI is InChI=1S/C14H8Cl2F4N2O.C2H6/c1-5-2-3-6(10(17)9(5)16)12-11(18)7(4-8(15)22-12)14(19,20)13(21)23;1-2/h2-4H,1H3,(H2,21,23);1-2H3. The molecule has 0 spiro atoms. The molecule has 136 valence electrons. The molecular formula is C16H14Cl2F4N2O. The number of benzene rings is 1. The quantitative estimate of drug-likeness (QED) is 0.569. The van der Waals surface area contributed by atoms with Gasteiger partial charge in [0, 0.05) is 5.56 Å². The van der Waals surface area contributed by atoms with Crippen LogP contribution in [0.15, 0.2) is 18.2 Å². The van der Waals surface area contributed by atoms with Crippen molar-refractivity contribution in [1.82, 2.24) is 4.98 Å². The molecule has 0 atom stereocenters. The molecule has 1 aromatic heterocycles. The topological polar surface area (TPSA) is 56.0 Å². The van der Waals surface area contributed by atoms with Crippen molar-refractivity contribution in [2.24, 2.45) is 5.73 Å². The number of carbonyl (C=O) groups is 1. The minimum Gasteiger partial charge on any atom is -0.364 e. The summed E-state index contributed by atoms with van der Waals surface area (Å²) in [5, 5.41) is -0.875. The van der Waals surface area contributed by atoms with Crippen LogP contribution in [0.4, 0.5) is 17.6 Å². The Hall–Kier alpha value is -1.86. The molecule has 0 saturated carbocycles. The monoisotopic (exact) mass is 396 g/mol. The van der Waals surface area contributed by atoms with Crippen molar-refractivity contribution in [1.29, 1.82) is 0 Å². The molecule has 1 heterocycles. The number of hydrogen-bond donors (Lipinski definition) is 1. The maximum Gasteiger partial charge on any atom is 0.352 e. The van der Waals surface area contributed by atoms with E-state index in [0.717, 1.165) is 6.07 Å². The number of pyridine rings is 1. The Labute approximate surface area is 151 Å². The molecule has 0 saturated heterocycles. The second-order valence-electron chi connectivity index (χ2n) is 4.65. The van der Waals surface area contributed by atoms with E-state index < -0.39 is 45.4 Å². The summed E-state index contributed by atoms with van der Waals surface area (Å²) in [7, 11) is 0. The van der Waals surface area contributed by atoms with Gasteiger partial charge < -0.3 is 5.73 Å². The molecule has 9 heteroatoms. The number of primary amides is 1. The van der Waals surface area contributed by atoms with Gasteiger partial charge in [0.1, 0.15) is 10.8 Å². The highest BCUT2D eigenvalue weighted by molar-refractivity contribution is 6.32. The lowest BCUT2D eigenvalue weighted by molar-refractivity contribution is -0.143. The van der Waals surface area contributed by atoms with Gasteiger partial charge in [-0.1, -0.05) is 43.1 Å². The van der Waals surface area contributed by atoms with E-state index in [4.69, 9.17) is 23.2 Å². The molecule has 0 unspecified atom stereocenters. The van der Waals surface area contributed by atoms with Crippen molar-refractivity contribution in [2.45, 2.75) is 26.7 Å². The third kappa shape index (κ3) is 4.04. The molecule has 0 fully saturated rings. The Bertz CT molecular complexity index is 813. The minimum atomic E-state index is -4.34. The molecule has 0 radical (unpaired) electrons. The maximum absolute atomic E-state index is 14.4. The van der Waals surface area contributed by atoms with Crippen molar-refractivity contribution in [2.75, 3.05) is 0 Å². The van der Waals surface area contributed by atoms with Crippen LogP contribution in [0.2, 0.25) is 10.2 Å². The van der Waals surface area contributed by atoms with Crippen molar-refractivity contribution in [3.8, 4) is 11.3 Å². The normalized spacial score (nSPS) is 10.9. The van der Waals surface area contributed by atoms with Crippen LogP contribution in [0.1, 0.15) is 25.0 Å². The van der Waals surface area contributed by atoms with E-state index in [1.165, 1.54) is 13.0 Å².